The van der Waals surface area contributed by atoms with Crippen LogP contribution >= 0.6 is 0 Å². The minimum absolute atomic E-state index is 0.00508. The zero-order chi connectivity index (χ0) is 14.8. The summed E-state index contributed by atoms with van der Waals surface area (Å²) < 4.78 is 33.2. The van der Waals surface area contributed by atoms with E-state index in [1.165, 1.54) is 15.2 Å². The second-order valence-corrected chi connectivity index (χ2v) is 6.59. The van der Waals surface area contributed by atoms with E-state index in [2.05, 4.69) is 5.10 Å². The van der Waals surface area contributed by atoms with Gasteiger partial charge in [0.25, 0.3) is 0 Å². The molecule has 1 aliphatic rings. The zero-order valence-electron chi connectivity index (χ0n) is 11.4. The highest BCUT2D eigenvalue weighted by Gasteiger charge is 2.33. The fraction of sp³-hybridized carbons (Fsp3) is 0.727. The topological polar surface area (TPSA) is 111 Å². The molecule has 0 saturated carbocycles. The van der Waals surface area contributed by atoms with Gasteiger partial charge in [-0.25, -0.2) is 8.42 Å². The van der Waals surface area contributed by atoms with Crippen LogP contribution in [0.1, 0.15) is 13.3 Å². The summed E-state index contributed by atoms with van der Waals surface area (Å²) in [6.07, 6.45) is 1.80. The van der Waals surface area contributed by atoms with Gasteiger partial charge in [-0.3, -0.25) is 4.68 Å². The minimum atomic E-state index is -3.70. The van der Waals surface area contributed by atoms with Gasteiger partial charge in [0.15, 0.2) is 5.82 Å². The number of aromatic nitrogens is 2. The molecule has 0 amide bonds. The van der Waals surface area contributed by atoms with Gasteiger partial charge in [-0.05, 0) is 6.42 Å². The number of ether oxygens (including phenoxy) is 1. The summed E-state index contributed by atoms with van der Waals surface area (Å²) in [7, 11) is -3.70. The van der Waals surface area contributed by atoms with E-state index < -0.39 is 16.1 Å². The van der Waals surface area contributed by atoms with E-state index in [1.54, 1.807) is 0 Å². The quantitative estimate of drug-likeness (QED) is 0.741. The first-order chi connectivity index (χ1) is 9.48. The first-order valence-corrected chi connectivity index (χ1v) is 7.98. The Balaban J connectivity index is 2.25. The van der Waals surface area contributed by atoms with E-state index in [4.69, 9.17) is 15.6 Å². The van der Waals surface area contributed by atoms with Crippen LogP contribution in [-0.4, -0.2) is 60.0 Å². The lowest BCUT2D eigenvalue weighted by atomic mass is 10.3. The smallest absolute Gasteiger partial charge is 0.248 e. The second kappa shape index (κ2) is 6.08. The van der Waals surface area contributed by atoms with Crippen LogP contribution in [0.2, 0.25) is 0 Å². The van der Waals surface area contributed by atoms with E-state index in [9.17, 15) is 8.42 Å². The SMILES string of the molecule is CCCn1cc(S(=O)(=O)N2CCOC(CO)C2)c(N)n1. The van der Waals surface area contributed by atoms with Crippen molar-refractivity contribution in [2.24, 2.45) is 0 Å². The van der Waals surface area contributed by atoms with Crippen LogP contribution in [0.4, 0.5) is 5.82 Å². The minimum Gasteiger partial charge on any atom is -0.394 e. The predicted octanol–water partition coefficient (Wildman–Crippen LogP) is -0.743. The highest BCUT2D eigenvalue weighted by molar-refractivity contribution is 7.89. The van der Waals surface area contributed by atoms with Crippen molar-refractivity contribution in [3.8, 4) is 0 Å². The standard InChI is InChI=1S/C11H20N4O4S/c1-2-3-14-7-10(11(12)13-14)20(17,18)15-4-5-19-9(6-15)8-16/h7,9,16H,2-6,8H2,1H3,(H2,12,13). The number of morpholine rings is 1. The lowest BCUT2D eigenvalue weighted by molar-refractivity contribution is -0.0304. The normalized spacial score (nSPS) is 21.2. The summed E-state index contributed by atoms with van der Waals surface area (Å²) in [5.74, 6) is 0.00508. The molecule has 2 heterocycles. The van der Waals surface area contributed by atoms with E-state index in [-0.39, 0.29) is 37.0 Å². The van der Waals surface area contributed by atoms with Crippen molar-refractivity contribution in [2.75, 3.05) is 32.0 Å². The molecule has 114 valence electrons. The Kier molecular flexibility index (Phi) is 4.63. The predicted molar refractivity (Wildman–Crippen MR) is 72.5 cm³/mol. The van der Waals surface area contributed by atoms with Crippen LogP contribution in [0.5, 0.6) is 0 Å². The van der Waals surface area contributed by atoms with E-state index >= 15 is 0 Å². The first kappa shape index (κ1) is 15.2. The molecule has 2 rings (SSSR count). The molecule has 1 fully saturated rings. The van der Waals surface area contributed by atoms with Crippen LogP contribution in [0.15, 0.2) is 11.1 Å². The Hall–Kier alpha value is -1.16. The Morgan fingerprint density at radius 2 is 2.35 bits per heavy atom. The number of aliphatic hydroxyl groups excluding tert-OH is 1. The van der Waals surface area contributed by atoms with Crippen LogP contribution in [0.3, 0.4) is 0 Å². The third-order valence-electron chi connectivity index (χ3n) is 3.13. The Labute approximate surface area is 118 Å². The zero-order valence-corrected chi connectivity index (χ0v) is 12.2. The molecular formula is C11H20N4O4S. The van der Waals surface area contributed by atoms with Gasteiger partial charge >= 0.3 is 0 Å². The number of aliphatic hydroxyl groups is 1. The fourth-order valence-corrected chi connectivity index (χ4v) is 3.64. The van der Waals surface area contributed by atoms with E-state index in [1.807, 2.05) is 6.92 Å². The van der Waals surface area contributed by atoms with Gasteiger partial charge in [0, 0.05) is 25.8 Å². The molecule has 1 saturated heterocycles. The average molecular weight is 304 g/mol. The van der Waals surface area contributed by atoms with Crippen molar-refractivity contribution in [1.29, 1.82) is 0 Å². The van der Waals surface area contributed by atoms with Gasteiger partial charge in [-0.2, -0.15) is 9.40 Å². The molecule has 8 nitrogen and oxygen atoms in total. The number of hydrogen-bond acceptors (Lipinski definition) is 6. The summed E-state index contributed by atoms with van der Waals surface area (Å²) in [5.41, 5.74) is 5.71. The highest BCUT2D eigenvalue weighted by Crippen LogP contribution is 2.23. The maximum Gasteiger partial charge on any atom is 0.248 e. The molecule has 3 N–H and O–H groups in total. The molecule has 9 heteroatoms. The highest BCUT2D eigenvalue weighted by atomic mass is 32.2. The summed E-state index contributed by atoms with van der Waals surface area (Å²) in [4.78, 5) is 0.0181. The second-order valence-electron chi connectivity index (χ2n) is 4.68. The molecule has 1 unspecified atom stereocenters. The Bertz CT molecular complexity index is 557. The van der Waals surface area contributed by atoms with Crippen molar-refractivity contribution in [1.82, 2.24) is 14.1 Å². The fourth-order valence-electron chi connectivity index (χ4n) is 2.12. The maximum absolute atomic E-state index is 12.5. The number of nitrogens with zero attached hydrogens (tertiary/aromatic N) is 3. The summed E-state index contributed by atoms with van der Waals surface area (Å²) in [5, 5.41) is 13.1. The largest absolute Gasteiger partial charge is 0.394 e. The van der Waals surface area contributed by atoms with Crippen LogP contribution in [0.25, 0.3) is 0 Å². The monoisotopic (exact) mass is 304 g/mol. The van der Waals surface area contributed by atoms with Crippen LogP contribution in [-0.2, 0) is 21.3 Å². The Morgan fingerprint density at radius 1 is 1.60 bits per heavy atom. The van der Waals surface area contributed by atoms with Crippen molar-refractivity contribution in [3.63, 3.8) is 0 Å². The number of sulfonamides is 1. The molecule has 1 aliphatic heterocycles. The molecule has 20 heavy (non-hydrogen) atoms. The summed E-state index contributed by atoms with van der Waals surface area (Å²) in [6.45, 7) is 3.00. The van der Waals surface area contributed by atoms with Gasteiger partial charge < -0.3 is 15.6 Å². The van der Waals surface area contributed by atoms with E-state index in [0.29, 0.717) is 6.54 Å². The van der Waals surface area contributed by atoms with Gasteiger partial charge in [0.1, 0.15) is 4.90 Å². The first-order valence-electron chi connectivity index (χ1n) is 6.54. The van der Waals surface area contributed by atoms with Crippen LogP contribution in [0, 0.1) is 0 Å². The number of aryl methyl sites for hydroxylation is 1. The van der Waals surface area contributed by atoms with Gasteiger partial charge in [0.05, 0.1) is 19.3 Å². The van der Waals surface area contributed by atoms with Gasteiger partial charge in [0.2, 0.25) is 10.0 Å². The van der Waals surface area contributed by atoms with Gasteiger partial charge in [-0.15, -0.1) is 0 Å². The molecule has 0 bridgehead atoms. The number of nitrogens with two attached hydrogens (primary N) is 1. The molecule has 1 aromatic heterocycles. The molecule has 0 aliphatic carbocycles. The third kappa shape index (κ3) is 2.95. The summed E-state index contributed by atoms with van der Waals surface area (Å²) in [6, 6.07) is 0. The van der Waals surface area contributed by atoms with Gasteiger partial charge in [-0.1, -0.05) is 6.92 Å². The Morgan fingerprint density at radius 3 is 3.00 bits per heavy atom. The lowest BCUT2D eigenvalue weighted by Crippen LogP contribution is -2.46. The number of hydrogen-bond donors (Lipinski definition) is 2. The summed E-state index contributed by atoms with van der Waals surface area (Å²) >= 11 is 0. The van der Waals surface area contributed by atoms with Crippen molar-refractivity contribution in [3.05, 3.63) is 6.20 Å². The molecule has 0 aromatic carbocycles. The van der Waals surface area contributed by atoms with E-state index in [0.717, 1.165) is 6.42 Å². The third-order valence-corrected chi connectivity index (χ3v) is 5.01. The molecular weight excluding hydrogens is 284 g/mol. The number of nitrogen functional groups attached to an aromatic ring is 1. The lowest BCUT2D eigenvalue weighted by Gasteiger charge is -2.30. The van der Waals surface area contributed by atoms with Crippen molar-refractivity contribution < 1.29 is 18.3 Å². The maximum atomic E-state index is 12.5. The van der Waals surface area contributed by atoms with Crippen molar-refractivity contribution >= 4 is 15.8 Å². The molecule has 0 spiro atoms. The average Bonchev–Trinajstić information content (AvgIpc) is 2.81. The molecule has 0 radical (unpaired) electrons. The molecule has 1 aromatic rings. The molecule has 1 atom stereocenters. The number of anilines is 1. The van der Waals surface area contributed by atoms with Crippen molar-refractivity contribution in [2.45, 2.75) is 30.9 Å². The van der Waals surface area contributed by atoms with Crippen LogP contribution < -0.4 is 5.73 Å². The number of rotatable bonds is 5.